The highest BCUT2D eigenvalue weighted by Crippen LogP contribution is 2.41. The van der Waals surface area contributed by atoms with Crippen LogP contribution in [0.3, 0.4) is 0 Å². The van der Waals surface area contributed by atoms with Crippen LogP contribution in [0, 0.1) is 0 Å². The topological polar surface area (TPSA) is 69.9 Å². The molecule has 0 saturated heterocycles. The number of aromatic nitrogens is 4. The van der Waals surface area contributed by atoms with E-state index in [2.05, 4.69) is 89.5 Å². The first kappa shape index (κ1) is 27.9. The minimum atomic E-state index is 0.586. The van der Waals surface area contributed by atoms with Gasteiger partial charge in [0.05, 0.1) is 16.7 Å². The van der Waals surface area contributed by atoms with Gasteiger partial charge in [0.1, 0.15) is 16.7 Å². The van der Waals surface area contributed by atoms with Crippen LogP contribution >= 0.6 is 0 Å². The third-order valence-corrected chi connectivity index (χ3v) is 9.85. The fourth-order valence-electron chi connectivity index (χ4n) is 7.49. The predicted molar refractivity (Wildman–Crippen MR) is 205 cm³/mol. The largest absolute Gasteiger partial charge is 0.456 e. The van der Waals surface area contributed by atoms with E-state index in [1.54, 1.807) is 0 Å². The molecule has 0 N–H and O–H groups in total. The highest BCUT2D eigenvalue weighted by atomic mass is 16.3. The maximum atomic E-state index is 6.71. The number of benzene rings is 7. The van der Waals surface area contributed by atoms with Gasteiger partial charge in [-0.15, -0.1) is 0 Å². The Balaban J connectivity index is 1.07. The fraction of sp³-hybridized carbons (Fsp3) is 0. The number of hydrogen-bond acceptors (Lipinski definition) is 5. The number of para-hydroxylation sites is 3. The summed E-state index contributed by atoms with van der Waals surface area (Å²) in [4.78, 5) is 14.7. The van der Waals surface area contributed by atoms with E-state index in [1.165, 1.54) is 10.8 Å². The van der Waals surface area contributed by atoms with Crippen molar-refractivity contribution in [3.8, 4) is 39.9 Å². The maximum absolute atomic E-state index is 6.71. The molecule has 0 spiro atoms. The van der Waals surface area contributed by atoms with Crippen LogP contribution in [-0.2, 0) is 0 Å². The molecule has 0 radical (unpaired) electrons. The van der Waals surface area contributed by atoms with E-state index in [0.717, 1.165) is 77.3 Å². The van der Waals surface area contributed by atoms with E-state index in [-0.39, 0.29) is 0 Å². The van der Waals surface area contributed by atoms with Crippen LogP contribution < -0.4 is 0 Å². The van der Waals surface area contributed by atoms with Gasteiger partial charge in [0.15, 0.2) is 23.1 Å². The van der Waals surface area contributed by atoms with Crippen molar-refractivity contribution in [1.29, 1.82) is 0 Å². The van der Waals surface area contributed by atoms with Crippen LogP contribution in [0.15, 0.2) is 167 Å². The summed E-state index contributed by atoms with van der Waals surface area (Å²) in [5.74, 6) is 1.83. The SMILES string of the molecule is c1ccc(-c2nc(-c3ccccc3)nc(-c3ccc4c(c3)oc3cc5oc6c(-n7c8ccccc8c8ccccc87)cccc6c5cc34)n2)cc1. The number of hydrogen-bond donors (Lipinski definition) is 0. The fourth-order valence-corrected chi connectivity index (χ4v) is 7.49. The number of furan rings is 2. The van der Waals surface area contributed by atoms with Crippen molar-refractivity contribution in [2.45, 2.75) is 0 Å². The molecule has 0 atom stereocenters. The summed E-state index contributed by atoms with van der Waals surface area (Å²) in [7, 11) is 0. The smallest absolute Gasteiger partial charge is 0.164 e. The molecule has 0 unspecified atom stereocenters. The molecule has 51 heavy (non-hydrogen) atoms. The lowest BCUT2D eigenvalue weighted by molar-refractivity contribution is 0.655. The Morgan fingerprint density at radius 1 is 0.353 bits per heavy atom. The first-order valence-corrected chi connectivity index (χ1v) is 16.9. The molecular formula is C45H26N4O2. The molecule has 238 valence electrons. The minimum Gasteiger partial charge on any atom is -0.456 e. The van der Waals surface area contributed by atoms with E-state index >= 15 is 0 Å². The zero-order valence-electron chi connectivity index (χ0n) is 27.1. The van der Waals surface area contributed by atoms with E-state index in [9.17, 15) is 0 Å². The Labute approximate surface area is 290 Å². The second-order valence-corrected chi connectivity index (χ2v) is 12.8. The summed E-state index contributed by atoms with van der Waals surface area (Å²) in [5, 5.41) is 6.58. The Morgan fingerprint density at radius 3 is 1.55 bits per heavy atom. The summed E-state index contributed by atoms with van der Waals surface area (Å²) >= 11 is 0. The monoisotopic (exact) mass is 654 g/mol. The predicted octanol–water partition coefficient (Wildman–Crippen LogP) is 11.8. The lowest BCUT2D eigenvalue weighted by Gasteiger charge is -2.08. The van der Waals surface area contributed by atoms with Crippen LogP contribution in [0.1, 0.15) is 0 Å². The maximum Gasteiger partial charge on any atom is 0.164 e. The summed E-state index contributed by atoms with van der Waals surface area (Å²) in [6.45, 7) is 0. The van der Waals surface area contributed by atoms with Gasteiger partial charge in [-0.05, 0) is 36.4 Å². The number of fused-ring (bicyclic) bond motifs is 9. The Kier molecular flexibility index (Phi) is 5.86. The zero-order chi connectivity index (χ0) is 33.5. The van der Waals surface area contributed by atoms with Crippen molar-refractivity contribution in [3.05, 3.63) is 158 Å². The molecule has 0 saturated carbocycles. The van der Waals surface area contributed by atoms with Gasteiger partial charge in [0.2, 0.25) is 0 Å². The van der Waals surface area contributed by atoms with Crippen molar-refractivity contribution >= 4 is 65.7 Å². The summed E-state index contributed by atoms with van der Waals surface area (Å²) in [6.07, 6.45) is 0. The van der Waals surface area contributed by atoms with Crippen LogP contribution in [-0.4, -0.2) is 19.5 Å². The molecule has 0 amide bonds. The van der Waals surface area contributed by atoms with Crippen molar-refractivity contribution < 1.29 is 8.83 Å². The molecular weight excluding hydrogens is 629 g/mol. The third-order valence-electron chi connectivity index (χ3n) is 9.85. The van der Waals surface area contributed by atoms with E-state index in [4.69, 9.17) is 23.8 Å². The first-order valence-electron chi connectivity index (χ1n) is 16.9. The quantitative estimate of drug-likeness (QED) is 0.189. The molecule has 0 bridgehead atoms. The van der Waals surface area contributed by atoms with Gasteiger partial charge in [-0.3, -0.25) is 0 Å². The molecule has 0 aliphatic carbocycles. The standard InChI is InChI=1S/C45H26N4O2/c1-3-12-27(13-4-1)43-46-44(28-14-5-2-6-15-28)48-45(47-43)29-22-23-32-34-25-35-33-18-11-21-38(42(33)51-41(35)26-40(34)50-39(32)24-29)49-36-19-9-7-16-30(36)31-17-8-10-20-37(31)49/h1-26H. The van der Waals surface area contributed by atoms with Gasteiger partial charge >= 0.3 is 0 Å². The highest BCUT2D eigenvalue weighted by Gasteiger charge is 2.20. The minimum absolute atomic E-state index is 0.586. The molecule has 0 aliphatic heterocycles. The molecule has 6 nitrogen and oxygen atoms in total. The van der Waals surface area contributed by atoms with E-state index < -0.39 is 0 Å². The Hall–Kier alpha value is -7.05. The zero-order valence-corrected chi connectivity index (χ0v) is 27.1. The normalized spacial score (nSPS) is 11.9. The average molecular weight is 655 g/mol. The lowest BCUT2D eigenvalue weighted by Crippen LogP contribution is -2.00. The van der Waals surface area contributed by atoms with Crippen LogP contribution in [0.25, 0.3) is 106 Å². The molecule has 0 fully saturated rings. The van der Waals surface area contributed by atoms with Gasteiger partial charge in [-0.1, -0.05) is 115 Å². The first-order chi connectivity index (χ1) is 25.3. The second-order valence-electron chi connectivity index (χ2n) is 12.8. The molecule has 11 aromatic rings. The van der Waals surface area contributed by atoms with Gasteiger partial charge < -0.3 is 13.4 Å². The highest BCUT2D eigenvalue weighted by molar-refractivity contribution is 6.17. The number of rotatable bonds is 4. The van der Waals surface area contributed by atoms with Gasteiger partial charge in [0, 0.05) is 55.1 Å². The summed E-state index contributed by atoms with van der Waals surface area (Å²) in [5.41, 5.74) is 9.15. The Morgan fingerprint density at radius 2 is 0.882 bits per heavy atom. The molecule has 4 heterocycles. The van der Waals surface area contributed by atoms with Crippen molar-refractivity contribution in [1.82, 2.24) is 19.5 Å². The van der Waals surface area contributed by atoms with Gasteiger partial charge in [0.25, 0.3) is 0 Å². The van der Waals surface area contributed by atoms with Crippen LogP contribution in [0.2, 0.25) is 0 Å². The van der Waals surface area contributed by atoms with Crippen molar-refractivity contribution in [2.75, 3.05) is 0 Å². The van der Waals surface area contributed by atoms with Gasteiger partial charge in [-0.2, -0.15) is 0 Å². The van der Waals surface area contributed by atoms with E-state index in [0.29, 0.717) is 17.5 Å². The van der Waals surface area contributed by atoms with Crippen LogP contribution in [0.5, 0.6) is 0 Å². The van der Waals surface area contributed by atoms with Crippen molar-refractivity contribution in [3.63, 3.8) is 0 Å². The molecule has 4 aromatic heterocycles. The van der Waals surface area contributed by atoms with Gasteiger partial charge in [-0.25, -0.2) is 15.0 Å². The average Bonchev–Trinajstić information content (AvgIpc) is 3.86. The van der Waals surface area contributed by atoms with Crippen LogP contribution in [0.4, 0.5) is 0 Å². The lowest BCUT2D eigenvalue weighted by atomic mass is 10.1. The molecule has 6 heteroatoms. The molecule has 7 aromatic carbocycles. The second kappa shape index (κ2) is 10.7. The summed E-state index contributed by atoms with van der Waals surface area (Å²) in [6, 6.07) is 53.9. The molecule has 11 rings (SSSR count). The molecule has 0 aliphatic rings. The Bertz CT molecular complexity index is 3030. The summed E-state index contributed by atoms with van der Waals surface area (Å²) < 4.78 is 15.5. The van der Waals surface area contributed by atoms with E-state index in [1.807, 2.05) is 72.8 Å². The third kappa shape index (κ3) is 4.26. The van der Waals surface area contributed by atoms with Crippen molar-refractivity contribution in [2.24, 2.45) is 0 Å². The number of nitrogens with zero attached hydrogens (tertiary/aromatic N) is 4.